The molecule has 1 aromatic rings. The molecule has 4 heteroatoms. The minimum atomic E-state index is 0.437. The molecule has 2 rings (SSSR count). The summed E-state index contributed by atoms with van der Waals surface area (Å²) in [6.45, 7) is 13.7. The van der Waals surface area contributed by atoms with Crippen molar-refractivity contribution in [3.05, 3.63) is 16.1 Å². The number of rotatable bonds is 5. The average Bonchev–Trinajstić information content (AvgIpc) is 2.88. The molecule has 0 amide bonds. The topological polar surface area (TPSA) is 28.2 Å². The van der Waals surface area contributed by atoms with Gasteiger partial charge in [0.1, 0.15) is 5.01 Å². The fourth-order valence-electron chi connectivity index (χ4n) is 3.04. The smallest absolute Gasteiger partial charge is 0.110 e. The second kappa shape index (κ2) is 7.01. The Morgan fingerprint density at radius 2 is 2.20 bits per heavy atom. The Morgan fingerprint density at radius 3 is 2.80 bits per heavy atom. The van der Waals surface area contributed by atoms with E-state index in [4.69, 9.17) is 0 Å². The summed E-state index contributed by atoms with van der Waals surface area (Å²) in [5.74, 6) is 0.754. The van der Waals surface area contributed by atoms with Gasteiger partial charge in [0.25, 0.3) is 0 Å². The summed E-state index contributed by atoms with van der Waals surface area (Å²) in [5.41, 5.74) is 0. The molecule has 0 aromatic carbocycles. The van der Waals surface area contributed by atoms with Crippen molar-refractivity contribution in [1.82, 2.24) is 15.2 Å². The van der Waals surface area contributed by atoms with Gasteiger partial charge in [0.05, 0.1) is 6.04 Å². The highest BCUT2D eigenvalue weighted by molar-refractivity contribution is 7.11. The van der Waals surface area contributed by atoms with Crippen LogP contribution in [0.2, 0.25) is 0 Å². The van der Waals surface area contributed by atoms with Gasteiger partial charge in [0.15, 0.2) is 0 Å². The molecule has 0 spiro atoms. The van der Waals surface area contributed by atoms with E-state index >= 15 is 0 Å². The lowest BCUT2D eigenvalue weighted by Gasteiger charge is -2.42. The maximum Gasteiger partial charge on any atom is 0.110 e. The van der Waals surface area contributed by atoms with Gasteiger partial charge in [-0.3, -0.25) is 4.90 Å². The Morgan fingerprint density at radius 1 is 1.45 bits per heavy atom. The SMILES string of the molecule is CCc1cnc(C(C)N2CC(CC(C)C)NCC2C)s1. The lowest BCUT2D eigenvalue weighted by atomic mass is 9.99. The van der Waals surface area contributed by atoms with E-state index in [1.165, 1.54) is 16.3 Å². The number of nitrogens with one attached hydrogen (secondary N) is 1. The summed E-state index contributed by atoms with van der Waals surface area (Å²) in [4.78, 5) is 8.66. The molecule has 0 aliphatic carbocycles. The van der Waals surface area contributed by atoms with E-state index < -0.39 is 0 Å². The average molecular weight is 295 g/mol. The van der Waals surface area contributed by atoms with Gasteiger partial charge in [-0.05, 0) is 32.6 Å². The van der Waals surface area contributed by atoms with Crippen LogP contribution in [-0.4, -0.2) is 35.1 Å². The third-order valence-electron chi connectivity index (χ3n) is 4.23. The molecule has 0 bridgehead atoms. The van der Waals surface area contributed by atoms with E-state index in [1.54, 1.807) is 0 Å². The molecular weight excluding hydrogens is 266 g/mol. The van der Waals surface area contributed by atoms with Crippen LogP contribution < -0.4 is 5.32 Å². The van der Waals surface area contributed by atoms with Crippen molar-refractivity contribution in [1.29, 1.82) is 0 Å². The summed E-state index contributed by atoms with van der Waals surface area (Å²) < 4.78 is 0. The van der Waals surface area contributed by atoms with Gasteiger partial charge >= 0.3 is 0 Å². The molecule has 1 aliphatic heterocycles. The normalized spacial score (nSPS) is 26.1. The Labute approximate surface area is 127 Å². The first-order chi connectivity index (χ1) is 9.51. The molecule has 0 radical (unpaired) electrons. The fourth-order valence-corrected chi connectivity index (χ4v) is 3.97. The minimum Gasteiger partial charge on any atom is -0.311 e. The predicted octanol–water partition coefficient (Wildman–Crippen LogP) is 3.47. The van der Waals surface area contributed by atoms with Gasteiger partial charge in [-0.15, -0.1) is 11.3 Å². The molecule has 1 aromatic heterocycles. The number of piperazine rings is 1. The van der Waals surface area contributed by atoms with Crippen molar-refractivity contribution in [2.45, 2.75) is 65.6 Å². The number of hydrogen-bond acceptors (Lipinski definition) is 4. The summed E-state index contributed by atoms with van der Waals surface area (Å²) in [6, 6.07) is 1.65. The molecule has 1 fully saturated rings. The zero-order chi connectivity index (χ0) is 14.7. The third kappa shape index (κ3) is 3.80. The fraction of sp³-hybridized carbons (Fsp3) is 0.812. The number of aromatic nitrogens is 1. The molecular formula is C16H29N3S. The maximum absolute atomic E-state index is 4.64. The molecule has 20 heavy (non-hydrogen) atoms. The third-order valence-corrected chi connectivity index (χ3v) is 5.54. The first kappa shape index (κ1) is 15.9. The number of hydrogen-bond donors (Lipinski definition) is 1. The van der Waals surface area contributed by atoms with Crippen LogP contribution in [0.25, 0.3) is 0 Å². The van der Waals surface area contributed by atoms with E-state index in [0.717, 1.165) is 25.4 Å². The molecule has 3 unspecified atom stereocenters. The highest BCUT2D eigenvalue weighted by atomic mass is 32.1. The van der Waals surface area contributed by atoms with E-state index in [2.05, 4.69) is 56.0 Å². The van der Waals surface area contributed by atoms with Crippen molar-refractivity contribution >= 4 is 11.3 Å². The monoisotopic (exact) mass is 295 g/mol. The van der Waals surface area contributed by atoms with Gasteiger partial charge < -0.3 is 5.32 Å². The largest absolute Gasteiger partial charge is 0.311 e. The zero-order valence-electron chi connectivity index (χ0n) is 13.5. The summed E-state index contributed by atoms with van der Waals surface area (Å²) in [7, 11) is 0. The molecule has 114 valence electrons. The Hall–Kier alpha value is -0.450. The summed E-state index contributed by atoms with van der Waals surface area (Å²) in [5, 5.41) is 4.97. The van der Waals surface area contributed by atoms with Crippen molar-refractivity contribution in [2.75, 3.05) is 13.1 Å². The maximum atomic E-state index is 4.64. The summed E-state index contributed by atoms with van der Waals surface area (Å²) in [6.07, 6.45) is 4.40. The van der Waals surface area contributed by atoms with Crippen LogP contribution >= 0.6 is 11.3 Å². The number of nitrogens with zero attached hydrogens (tertiary/aromatic N) is 2. The van der Waals surface area contributed by atoms with Crippen LogP contribution in [0.1, 0.15) is 57.0 Å². The highest BCUT2D eigenvalue weighted by Crippen LogP contribution is 2.28. The van der Waals surface area contributed by atoms with E-state index in [0.29, 0.717) is 18.1 Å². The van der Waals surface area contributed by atoms with Crippen molar-refractivity contribution in [3.63, 3.8) is 0 Å². The van der Waals surface area contributed by atoms with Crippen molar-refractivity contribution < 1.29 is 0 Å². The molecule has 0 saturated carbocycles. The first-order valence-corrected chi connectivity index (χ1v) is 8.76. The zero-order valence-corrected chi connectivity index (χ0v) is 14.3. The van der Waals surface area contributed by atoms with Crippen LogP contribution in [0.15, 0.2) is 6.20 Å². The van der Waals surface area contributed by atoms with Crippen LogP contribution in [0.5, 0.6) is 0 Å². The summed E-state index contributed by atoms with van der Waals surface area (Å²) >= 11 is 1.88. The standard InChI is InChI=1S/C16H29N3S/c1-6-15-9-18-16(20-15)13(5)19-10-14(7-11(2)3)17-8-12(19)4/h9,11-14,17H,6-8,10H2,1-5H3. The van der Waals surface area contributed by atoms with Gasteiger partial charge in [0, 0.05) is 36.2 Å². The molecule has 2 heterocycles. The van der Waals surface area contributed by atoms with E-state index in [1.807, 2.05) is 11.3 Å². The first-order valence-electron chi connectivity index (χ1n) is 7.95. The molecule has 3 atom stereocenters. The van der Waals surface area contributed by atoms with Gasteiger partial charge in [-0.1, -0.05) is 20.8 Å². The Kier molecular flexibility index (Phi) is 5.58. The van der Waals surface area contributed by atoms with Crippen LogP contribution in [0.3, 0.4) is 0 Å². The van der Waals surface area contributed by atoms with Crippen LogP contribution in [-0.2, 0) is 6.42 Å². The highest BCUT2D eigenvalue weighted by Gasteiger charge is 2.30. The van der Waals surface area contributed by atoms with E-state index in [9.17, 15) is 0 Å². The molecule has 1 saturated heterocycles. The van der Waals surface area contributed by atoms with Crippen molar-refractivity contribution in [3.8, 4) is 0 Å². The molecule has 1 aliphatic rings. The lowest BCUT2D eigenvalue weighted by molar-refractivity contribution is 0.0922. The van der Waals surface area contributed by atoms with Gasteiger partial charge in [-0.25, -0.2) is 4.98 Å². The second-order valence-corrected chi connectivity index (χ2v) is 7.62. The predicted molar refractivity (Wildman–Crippen MR) is 87.3 cm³/mol. The minimum absolute atomic E-state index is 0.437. The van der Waals surface area contributed by atoms with Gasteiger partial charge in [-0.2, -0.15) is 0 Å². The molecule has 1 N–H and O–H groups in total. The quantitative estimate of drug-likeness (QED) is 0.901. The van der Waals surface area contributed by atoms with Crippen LogP contribution in [0.4, 0.5) is 0 Å². The van der Waals surface area contributed by atoms with Crippen LogP contribution in [0, 0.1) is 5.92 Å². The Bertz CT molecular complexity index is 416. The van der Waals surface area contributed by atoms with E-state index in [-0.39, 0.29) is 0 Å². The number of thiazole rings is 1. The second-order valence-electron chi connectivity index (χ2n) is 6.47. The van der Waals surface area contributed by atoms with Gasteiger partial charge in [0.2, 0.25) is 0 Å². The molecule has 3 nitrogen and oxygen atoms in total. The lowest BCUT2D eigenvalue weighted by Crippen LogP contribution is -2.56. The Balaban J connectivity index is 2.04. The van der Waals surface area contributed by atoms with Crippen molar-refractivity contribution in [2.24, 2.45) is 5.92 Å². The number of aryl methyl sites for hydroxylation is 1.